The van der Waals surface area contributed by atoms with E-state index in [1.54, 1.807) is 10.8 Å². The molecule has 0 saturated carbocycles. The van der Waals surface area contributed by atoms with Crippen molar-refractivity contribution in [3.63, 3.8) is 0 Å². The van der Waals surface area contributed by atoms with Gasteiger partial charge in [-0.15, -0.1) is 0 Å². The summed E-state index contributed by atoms with van der Waals surface area (Å²) in [5.41, 5.74) is -0.0294. The number of rotatable bonds is 4. The van der Waals surface area contributed by atoms with Crippen molar-refractivity contribution in [2.75, 3.05) is 0 Å². The van der Waals surface area contributed by atoms with E-state index in [0.29, 0.717) is 11.9 Å². The molecule has 17 heavy (non-hydrogen) atoms. The van der Waals surface area contributed by atoms with E-state index in [1.807, 2.05) is 37.3 Å². The molecular formula is C14H17NO2. The van der Waals surface area contributed by atoms with Crippen molar-refractivity contribution in [1.29, 1.82) is 0 Å². The van der Waals surface area contributed by atoms with Crippen molar-refractivity contribution < 1.29 is 5.11 Å². The van der Waals surface area contributed by atoms with E-state index in [1.165, 1.54) is 0 Å². The molecule has 0 aliphatic carbocycles. The van der Waals surface area contributed by atoms with Gasteiger partial charge in [-0.05, 0) is 23.9 Å². The summed E-state index contributed by atoms with van der Waals surface area (Å²) in [7, 11) is 0. The van der Waals surface area contributed by atoms with E-state index in [4.69, 9.17) is 0 Å². The van der Waals surface area contributed by atoms with Crippen LogP contribution in [0.3, 0.4) is 0 Å². The Labute approximate surface area is 100 Å². The number of aliphatic hydroxyl groups is 1. The Kier molecular flexibility index (Phi) is 3.59. The van der Waals surface area contributed by atoms with Gasteiger partial charge in [0, 0.05) is 11.6 Å². The van der Waals surface area contributed by atoms with Gasteiger partial charge >= 0.3 is 0 Å². The van der Waals surface area contributed by atoms with Crippen LogP contribution in [0.15, 0.2) is 41.3 Å². The number of aliphatic hydroxyl groups excluding tert-OH is 1. The fraction of sp³-hybridized carbons (Fsp3) is 0.357. The maximum Gasteiger partial charge on any atom is 0.258 e. The molecule has 0 spiro atoms. The van der Waals surface area contributed by atoms with E-state index in [0.717, 1.165) is 18.2 Å². The fourth-order valence-electron chi connectivity index (χ4n) is 2.03. The fourth-order valence-corrected chi connectivity index (χ4v) is 2.03. The molecule has 90 valence electrons. The highest BCUT2D eigenvalue weighted by atomic mass is 16.3. The molecule has 1 aromatic heterocycles. The zero-order valence-electron chi connectivity index (χ0n) is 9.97. The summed E-state index contributed by atoms with van der Waals surface area (Å²) in [5, 5.41) is 11.4. The minimum atomic E-state index is -0.445. The normalized spacial score (nSPS) is 12.8. The zero-order chi connectivity index (χ0) is 12.3. The quantitative estimate of drug-likeness (QED) is 0.876. The van der Waals surface area contributed by atoms with Gasteiger partial charge in [-0.1, -0.05) is 31.5 Å². The number of benzene rings is 1. The SMILES string of the molecule is CCCC(O)Cn1ccc2ccccc2c1=O. The number of hydrogen-bond donors (Lipinski definition) is 1. The molecule has 3 heteroatoms. The van der Waals surface area contributed by atoms with Gasteiger partial charge in [0.15, 0.2) is 0 Å². The van der Waals surface area contributed by atoms with Crippen LogP contribution >= 0.6 is 0 Å². The van der Waals surface area contributed by atoms with Crippen molar-refractivity contribution in [3.8, 4) is 0 Å². The van der Waals surface area contributed by atoms with Gasteiger partial charge in [0.25, 0.3) is 5.56 Å². The Morgan fingerprint density at radius 3 is 2.82 bits per heavy atom. The third kappa shape index (κ3) is 2.56. The predicted molar refractivity (Wildman–Crippen MR) is 69.1 cm³/mol. The van der Waals surface area contributed by atoms with E-state index < -0.39 is 6.10 Å². The van der Waals surface area contributed by atoms with Gasteiger partial charge in [0.1, 0.15) is 0 Å². The third-order valence-electron chi connectivity index (χ3n) is 2.92. The first-order valence-corrected chi connectivity index (χ1v) is 5.98. The first kappa shape index (κ1) is 11.9. The van der Waals surface area contributed by atoms with Crippen LogP contribution in [0.2, 0.25) is 0 Å². The number of hydrogen-bond acceptors (Lipinski definition) is 2. The van der Waals surface area contributed by atoms with Crippen molar-refractivity contribution in [2.24, 2.45) is 0 Å². The second-order valence-corrected chi connectivity index (χ2v) is 4.30. The van der Waals surface area contributed by atoms with Gasteiger partial charge < -0.3 is 9.67 Å². The average molecular weight is 231 g/mol. The predicted octanol–water partition coefficient (Wildman–Crippen LogP) is 2.16. The highest BCUT2D eigenvalue weighted by Crippen LogP contribution is 2.08. The third-order valence-corrected chi connectivity index (χ3v) is 2.92. The smallest absolute Gasteiger partial charge is 0.258 e. The molecule has 0 amide bonds. The molecule has 0 fully saturated rings. The Balaban J connectivity index is 2.36. The van der Waals surface area contributed by atoms with Gasteiger partial charge in [-0.25, -0.2) is 0 Å². The second-order valence-electron chi connectivity index (χ2n) is 4.30. The Morgan fingerprint density at radius 1 is 1.29 bits per heavy atom. The summed E-state index contributed by atoms with van der Waals surface area (Å²) in [6.45, 7) is 2.39. The van der Waals surface area contributed by atoms with Crippen molar-refractivity contribution >= 4 is 10.8 Å². The number of aromatic nitrogens is 1. The molecule has 3 nitrogen and oxygen atoms in total. The molecule has 0 saturated heterocycles. The monoisotopic (exact) mass is 231 g/mol. The summed E-state index contributed by atoms with van der Waals surface area (Å²) < 4.78 is 1.59. The molecule has 0 aliphatic rings. The van der Waals surface area contributed by atoms with Crippen LogP contribution in [0.1, 0.15) is 19.8 Å². The Morgan fingerprint density at radius 2 is 2.06 bits per heavy atom. The van der Waals surface area contributed by atoms with E-state index in [-0.39, 0.29) is 5.56 Å². The highest BCUT2D eigenvalue weighted by molar-refractivity contribution is 5.81. The van der Waals surface area contributed by atoms with Crippen molar-refractivity contribution in [1.82, 2.24) is 4.57 Å². The summed E-state index contributed by atoms with van der Waals surface area (Å²) in [6, 6.07) is 9.42. The molecular weight excluding hydrogens is 214 g/mol. The minimum absolute atomic E-state index is 0.0294. The molecule has 1 unspecified atom stereocenters. The van der Waals surface area contributed by atoms with Crippen LogP contribution in [0.4, 0.5) is 0 Å². The van der Waals surface area contributed by atoms with Gasteiger partial charge in [-0.2, -0.15) is 0 Å². The van der Waals surface area contributed by atoms with Crippen LogP contribution in [0.5, 0.6) is 0 Å². The number of pyridine rings is 1. The largest absolute Gasteiger partial charge is 0.391 e. The van der Waals surface area contributed by atoms with Gasteiger partial charge in [-0.3, -0.25) is 4.79 Å². The van der Waals surface area contributed by atoms with Crippen LogP contribution in [0, 0.1) is 0 Å². The standard InChI is InChI=1S/C14H17NO2/c1-2-5-12(16)10-15-9-8-11-6-3-4-7-13(11)14(15)17/h3-4,6-9,12,16H,2,5,10H2,1H3. The average Bonchev–Trinajstić information content (AvgIpc) is 2.33. The summed E-state index contributed by atoms with van der Waals surface area (Å²) in [5.74, 6) is 0. The first-order chi connectivity index (χ1) is 8.22. The van der Waals surface area contributed by atoms with Crippen molar-refractivity contribution in [3.05, 3.63) is 46.9 Å². The minimum Gasteiger partial charge on any atom is -0.391 e. The van der Waals surface area contributed by atoms with E-state index in [9.17, 15) is 9.90 Å². The molecule has 1 heterocycles. The maximum absolute atomic E-state index is 12.1. The van der Waals surface area contributed by atoms with E-state index in [2.05, 4.69) is 0 Å². The number of nitrogens with zero attached hydrogens (tertiary/aromatic N) is 1. The van der Waals surface area contributed by atoms with E-state index >= 15 is 0 Å². The number of fused-ring (bicyclic) bond motifs is 1. The second kappa shape index (κ2) is 5.15. The lowest BCUT2D eigenvalue weighted by atomic mass is 10.1. The van der Waals surface area contributed by atoms with Crippen LogP contribution < -0.4 is 5.56 Å². The van der Waals surface area contributed by atoms with Gasteiger partial charge in [0.05, 0.1) is 12.6 Å². The molecule has 1 atom stereocenters. The van der Waals surface area contributed by atoms with Crippen molar-refractivity contribution in [2.45, 2.75) is 32.4 Å². The summed E-state index contributed by atoms with van der Waals surface area (Å²) in [6.07, 6.45) is 2.95. The molecule has 1 aromatic carbocycles. The van der Waals surface area contributed by atoms with Crippen LogP contribution in [-0.2, 0) is 6.54 Å². The first-order valence-electron chi connectivity index (χ1n) is 5.98. The molecule has 2 rings (SSSR count). The molecule has 0 aliphatic heterocycles. The molecule has 1 N–H and O–H groups in total. The van der Waals surface area contributed by atoms with Crippen LogP contribution in [-0.4, -0.2) is 15.8 Å². The molecule has 2 aromatic rings. The van der Waals surface area contributed by atoms with Gasteiger partial charge in [0.2, 0.25) is 0 Å². The highest BCUT2D eigenvalue weighted by Gasteiger charge is 2.07. The maximum atomic E-state index is 12.1. The Hall–Kier alpha value is -1.61. The molecule has 0 bridgehead atoms. The van der Waals surface area contributed by atoms with Crippen LogP contribution in [0.25, 0.3) is 10.8 Å². The lowest BCUT2D eigenvalue weighted by Gasteiger charge is -2.12. The topological polar surface area (TPSA) is 42.2 Å². The Bertz CT molecular complexity index is 559. The lowest BCUT2D eigenvalue weighted by molar-refractivity contribution is 0.142. The lowest BCUT2D eigenvalue weighted by Crippen LogP contribution is -2.26. The molecule has 0 radical (unpaired) electrons. The zero-order valence-corrected chi connectivity index (χ0v) is 9.97. The summed E-state index contributed by atoms with van der Waals surface area (Å²) in [4.78, 5) is 12.1. The summed E-state index contributed by atoms with van der Waals surface area (Å²) >= 11 is 0.